The van der Waals surface area contributed by atoms with Crippen LogP contribution in [0.1, 0.15) is 16.1 Å². The van der Waals surface area contributed by atoms with Gasteiger partial charge < -0.3 is 10.6 Å². The molecular formula is C17H16N6O. The molecule has 3 aromatic rings. The third-order valence-corrected chi connectivity index (χ3v) is 3.35. The number of amides is 1. The SMILES string of the molecule is CNc1cc(CNC(=O)c2ccncc2)nc(-c2ccncc2)n1. The highest BCUT2D eigenvalue weighted by Gasteiger charge is 2.09. The second-order valence-electron chi connectivity index (χ2n) is 4.97. The minimum Gasteiger partial charge on any atom is -0.373 e. The first-order valence-corrected chi connectivity index (χ1v) is 7.40. The molecular weight excluding hydrogens is 304 g/mol. The van der Waals surface area contributed by atoms with Crippen LogP contribution in [0.15, 0.2) is 55.1 Å². The summed E-state index contributed by atoms with van der Waals surface area (Å²) < 4.78 is 0. The lowest BCUT2D eigenvalue weighted by Gasteiger charge is -2.09. The van der Waals surface area contributed by atoms with Crippen LogP contribution in [0.25, 0.3) is 11.4 Å². The Morgan fingerprint density at radius 1 is 1.00 bits per heavy atom. The van der Waals surface area contributed by atoms with Crippen molar-refractivity contribution in [3.63, 3.8) is 0 Å². The van der Waals surface area contributed by atoms with E-state index >= 15 is 0 Å². The molecule has 0 aliphatic carbocycles. The van der Waals surface area contributed by atoms with Crippen LogP contribution < -0.4 is 10.6 Å². The number of nitrogens with one attached hydrogen (secondary N) is 2. The monoisotopic (exact) mass is 320 g/mol. The topological polar surface area (TPSA) is 92.7 Å². The maximum Gasteiger partial charge on any atom is 0.251 e. The molecule has 2 N–H and O–H groups in total. The van der Waals surface area contributed by atoms with Gasteiger partial charge >= 0.3 is 0 Å². The van der Waals surface area contributed by atoms with Crippen molar-refractivity contribution in [2.75, 3.05) is 12.4 Å². The molecule has 0 spiro atoms. The van der Waals surface area contributed by atoms with Gasteiger partial charge in [-0.3, -0.25) is 14.8 Å². The molecule has 3 aromatic heterocycles. The molecule has 0 unspecified atom stereocenters. The van der Waals surface area contributed by atoms with E-state index in [0.29, 0.717) is 29.4 Å². The zero-order valence-electron chi connectivity index (χ0n) is 13.1. The van der Waals surface area contributed by atoms with Crippen molar-refractivity contribution in [1.29, 1.82) is 0 Å². The van der Waals surface area contributed by atoms with E-state index in [1.165, 1.54) is 0 Å². The molecule has 1 amide bonds. The minimum atomic E-state index is -0.174. The highest BCUT2D eigenvalue weighted by molar-refractivity contribution is 5.93. The van der Waals surface area contributed by atoms with Crippen LogP contribution >= 0.6 is 0 Å². The second kappa shape index (κ2) is 7.28. The molecule has 0 radical (unpaired) electrons. The Labute approximate surface area is 139 Å². The molecule has 0 fully saturated rings. The van der Waals surface area contributed by atoms with Crippen LogP contribution in [0, 0.1) is 0 Å². The molecule has 0 atom stereocenters. The average molecular weight is 320 g/mol. The fraction of sp³-hybridized carbons (Fsp3) is 0.118. The summed E-state index contributed by atoms with van der Waals surface area (Å²) in [5.41, 5.74) is 2.13. The molecule has 0 aliphatic rings. The third kappa shape index (κ3) is 3.70. The predicted molar refractivity (Wildman–Crippen MR) is 90.2 cm³/mol. The zero-order chi connectivity index (χ0) is 16.8. The van der Waals surface area contributed by atoms with E-state index in [0.717, 1.165) is 5.56 Å². The summed E-state index contributed by atoms with van der Waals surface area (Å²) in [5, 5.41) is 5.86. The van der Waals surface area contributed by atoms with Crippen molar-refractivity contribution in [3.05, 3.63) is 66.4 Å². The van der Waals surface area contributed by atoms with Gasteiger partial charge in [0.15, 0.2) is 5.82 Å². The Balaban J connectivity index is 1.79. The maximum atomic E-state index is 12.1. The summed E-state index contributed by atoms with van der Waals surface area (Å²) >= 11 is 0. The lowest BCUT2D eigenvalue weighted by Crippen LogP contribution is -2.23. The van der Waals surface area contributed by atoms with Gasteiger partial charge in [0.2, 0.25) is 0 Å². The molecule has 24 heavy (non-hydrogen) atoms. The lowest BCUT2D eigenvalue weighted by molar-refractivity contribution is 0.0950. The van der Waals surface area contributed by atoms with Gasteiger partial charge in [0, 0.05) is 49.0 Å². The fourth-order valence-electron chi connectivity index (χ4n) is 2.12. The first-order valence-electron chi connectivity index (χ1n) is 7.40. The molecule has 3 rings (SSSR count). The summed E-state index contributed by atoms with van der Waals surface area (Å²) in [5.74, 6) is 1.09. The number of hydrogen-bond acceptors (Lipinski definition) is 6. The number of carbonyl (C=O) groups is 1. The Morgan fingerprint density at radius 2 is 1.67 bits per heavy atom. The van der Waals surface area contributed by atoms with Crippen molar-refractivity contribution in [2.45, 2.75) is 6.54 Å². The Bertz CT molecular complexity index is 823. The standard InChI is InChI=1S/C17H16N6O/c1-18-15-10-14(11-21-17(24)13-4-8-20-9-5-13)22-16(23-15)12-2-6-19-7-3-12/h2-10H,11H2,1H3,(H,21,24)(H,18,22,23). The Hall–Kier alpha value is -3.35. The zero-order valence-corrected chi connectivity index (χ0v) is 13.1. The smallest absolute Gasteiger partial charge is 0.251 e. The Morgan fingerprint density at radius 3 is 2.33 bits per heavy atom. The molecule has 7 heteroatoms. The van der Waals surface area contributed by atoms with Gasteiger partial charge in [-0.2, -0.15) is 0 Å². The van der Waals surface area contributed by atoms with Crippen LogP contribution in [0.4, 0.5) is 5.82 Å². The number of anilines is 1. The van der Waals surface area contributed by atoms with E-state index in [1.807, 2.05) is 12.1 Å². The minimum absolute atomic E-state index is 0.174. The van der Waals surface area contributed by atoms with Gasteiger partial charge in [0.25, 0.3) is 5.91 Å². The Kier molecular flexibility index (Phi) is 4.71. The number of hydrogen-bond donors (Lipinski definition) is 2. The van der Waals surface area contributed by atoms with E-state index in [2.05, 4.69) is 30.6 Å². The second-order valence-corrected chi connectivity index (χ2v) is 4.97. The number of pyridine rings is 2. The summed E-state index contributed by atoms with van der Waals surface area (Å²) in [6, 6.07) is 8.81. The number of nitrogens with zero attached hydrogens (tertiary/aromatic N) is 4. The van der Waals surface area contributed by atoms with Gasteiger partial charge in [-0.1, -0.05) is 0 Å². The molecule has 3 heterocycles. The maximum absolute atomic E-state index is 12.1. The van der Waals surface area contributed by atoms with Crippen molar-refractivity contribution in [1.82, 2.24) is 25.3 Å². The predicted octanol–water partition coefficient (Wildman–Crippen LogP) is 1.91. The summed E-state index contributed by atoms with van der Waals surface area (Å²) in [6.45, 7) is 0.302. The first-order chi connectivity index (χ1) is 11.8. The van der Waals surface area contributed by atoms with Crippen molar-refractivity contribution in [2.24, 2.45) is 0 Å². The highest BCUT2D eigenvalue weighted by atomic mass is 16.1. The van der Waals surface area contributed by atoms with Crippen molar-refractivity contribution >= 4 is 11.7 Å². The van der Waals surface area contributed by atoms with E-state index in [-0.39, 0.29) is 5.91 Å². The molecule has 7 nitrogen and oxygen atoms in total. The van der Waals surface area contributed by atoms with Crippen molar-refractivity contribution in [3.8, 4) is 11.4 Å². The molecule has 120 valence electrons. The molecule has 0 aromatic carbocycles. The third-order valence-electron chi connectivity index (χ3n) is 3.35. The summed E-state index contributed by atoms with van der Waals surface area (Å²) in [7, 11) is 1.79. The fourth-order valence-corrected chi connectivity index (χ4v) is 2.12. The van der Waals surface area contributed by atoms with E-state index in [4.69, 9.17) is 0 Å². The molecule has 0 saturated heterocycles. The van der Waals surface area contributed by atoms with Gasteiger partial charge in [-0.25, -0.2) is 9.97 Å². The number of carbonyl (C=O) groups excluding carboxylic acids is 1. The average Bonchev–Trinajstić information content (AvgIpc) is 2.67. The van der Waals surface area contributed by atoms with Gasteiger partial charge in [0.05, 0.1) is 12.2 Å². The van der Waals surface area contributed by atoms with Crippen LogP contribution in [-0.4, -0.2) is 32.9 Å². The van der Waals surface area contributed by atoms with Gasteiger partial charge in [0.1, 0.15) is 5.82 Å². The normalized spacial score (nSPS) is 10.2. The number of aromatic nitrogens is 4. The van der Waals surface area contributed by atoms with Gasteiger partial charge in [-0.15, -0.1) is 0 Å². The lowest BCUT2D eigenvalue weighted by atomic mass is 10.2. The molecule has 0 saturated carbocycles. The van der Waals surface area contributed by atoms with Crippen LogP contribution in [-0.2, 0) is 6.54 Å². The summed E-state index contributed by atoms with van der Waals surface area (Å²) in [6.07, 6.45) is 6.55. The van der Waals surface area contributed by atoms with Crippen LogP contribution in [0.5, 0.6) is 0 Å². The van der Waals surface area contributed by atoms with E-state index in [9.17, 15) is 4.79 Å². The largest absolute Gasteiger partial charge is 0.373 e. The molecule has 0 bridgehead atoms. The highest BCUT2D eigenvalue weighted by Crippen LogP contribution is 2.17. The van der Waals surface area contributed by atoms with Crippen LogP contribution in [0.3, 0.4) is 0 Å². The van der Waals surface area contributed by atoms with Gasteiger partial charge in [-0.05, 0) is 24.3 Å². The van der Waals surface area contributed by atoms with Crippen LogP contribution in [0.2, 0.25) is 0 Å². The molecule has 0 aliphatic heterocycles. The number of rotatable bonds is 5. The summed E-state index contributed by atoms with van der Waals surface area (Å²) in [4.78, 5) is 29.0. The quantitative estimate of drug-likeness (QED) is 0.746. The van der Waals surface area contributed by atoms with E-state index in [1.54, 1.807) is 50.0 Å². The van der Waals surface area contributed by atoms with E-state index < -0.39 is 0 Å². The first kappa shape index (κ1) is 15.5. The van der Waals surface area contributed by atoms with Crippen molar-refractivity contribution < 1.29 is 4.79 Å².